The van der Waals surface area contributed by atoms with Crippen LogP contribution in [0.5, 0.6) is 5.75 Å². The van der Waals surface area contributed by atoms with E-state index in [1.54, 1.807) is 0 Å². The molecule has 2 heteroatoms. The molecule has 0 heterocycles. The lowest BCUT2D eigenvalue weighted by Crippen LogP contribution is -2.03. The van der Waals surface area contributed by atoms with Crippen molar-refractivity contribution in [3.8, 4) is 5.75 Å². The van der Waals surface area contributed by atoms with E-state index in [9.17, 15) is 0 Å². The van der Waals surface area contributed by atoms with Crippen LogP contribution in [0.3, 0.4) is 0 Å². The Morgan fingerprint density at radius 2 is 1.83 bits per heavy atom. The average Bonchev–Trinajstić information content (AvgIpc) is 2.36. The van der Waals surface area contributed by atoms with E-state index in [1.165, 1.54) is 16.7 Å². The van der Waals surface area contributed by atoms with Crippen LogP contribution in [-0.2, 0) is 6.42 Å². The molecule has 2 rings (SSSR count). The van der Waals surface area contributed by atoms with Gasteiger partial charge in [0.25, 0.3) is 0 Å². The number of hydrogen-bond donors (Lipinski definition) is 0. The molecule has 0 saturated heterocycles. The lowest BCUT2D eigenvalue weighted by molar-refractivity contribution is 0.319. The first-order valence-electron chi connectivity index (χ1n) is 6.10. The van der Waals surface area contributed by atoms with Gasteiger partial charge < -0.3 is 4.74 Å². The quantitative estimate of drug-likeness (QED) is 0.796. The topological polar surface area (TPSA) is 9.23 Å². The van der Waals surface area contributed by atoms with E-state index >= 15 is 0 Å². The van der Waals surface area contributed by atoms with Gasteiger partial charge in [0.05, 0.1) is 6.61 Å². The van der Waals surface area contributed by atoms with Gasteiger partial charge in [0.2, 0.25) is 0 Å². The summed E-state index contributed by atoms with van der Waals surface area (Å²) in [6, 6.07) is 14.6. The Morgan fingerprint density at radius 3 is 2.61 bits per heavy atom. The Balaban J connectivity index is 1.96. The van der Waals surface area contributed by atoms with Crippen LogP contribution in [0.25, 0.3) is 0 Å². The molecule has 0 N–H and O–H groups in total. The summed E-state index contributed by atoms with van der Waals surface area (Å²) in [5.74, 6) is 0.988. The van der Waals surface area contributed by atoms with Gasteiger partial charge >= 0.3 is 0 Å². The highest BCUT2D eigenvalue weighted by Crippen LogP contribution is 2.20. The van der Waals surface area contributed by atoms with Crippen molar-refractivity contribution < 1.29 is 4.74 Å². The van der Waals surface area contributed by atoms with Gasteiger partial charge in [-0.05, 0) is 42.7 Å². The first kappa shape index (κ1) is 13.2. The summed E-state index contributed by atoms with van der Waals surface area (Å²) in [5, 5.41) is 0. The molecular weight excluding hydrogens is 288 g/mol. The third kappa shape index (κ3) is 3.36. The summed E-state index contributed by atoms with van der Waals surface area (Å²) in [4.78, 5) is 0. The summed E-state index contributed by atoms with van der Waals surface area (Å²) in [6.07, 6.45) is 0.912. The molecule has 0 atom stereocenters. The van der Waals surface area contributed by atoms with Crippen molar-refractivity contribution in [1.29, 1.82) is 0 Å². The lowest BCUT2D eigenvalue weighted by Gasteiger charge is -2.10. The van der Waals surface area contributed by atoms with Crippen LogP contribution in [0.2, 0.25) is 0 Å². The molecule has 0 aromatic heterocycles. The molecule has 0 radical (unpaired) electrons. The van der Waals surface area contributed by atoms with Crippen LogP contribution >= 0.6 is 15.9 Å². The molecule has 2 aromatic carbocycles. The molecule has 0 unspecified atom stereocenters. The molecule has 0 aliphatic heterocycles. The maximum absolute atomic E-state index is 5.86. The van der Waals surface area contributed by atoms with Crippen LogP contribution in [0.1, 0.15) is 16.7 Å². The van der Waals surface area contributed by atoms with Gasteiger partial charge in [0.15, 0.2) is 0 Å². The number of rotatable bonds is 4. The minimum Gasteiger partial charge on any atom is -0.493 e. The molecule has 0 spiro atoms. The van der Waals surface area contributed by atoms with Crippen molar-refractivity contribution >= 4 is 15.9 Å². The molecule has 0 fully saturated rings. The highest BCUT2D eigenvalue weighted by Gasteiger charge is 2.02. The molecular formula is C16H17BrO. The van der Waals surface area contributed by atoms with Crippen LogP contribution in [0.15, 0.2) is 46.9 Å². The number of halogens is 1. The van der Waals surface area contributed by atoms with Gasteiger partial charge in [0, 0.05) is 10.9 Å². The number of ether oxygens (including phenoxy) is 1. The molecule has 0 saturated carbocycles. The molecule has 2 aromatic rings. The Bertz CT molecular complexity index is 534. The van der Waals surface area contributed by atoms with Gasteiger partial charge in [-0.1, -0.05) is 46.3 Å². The van der Waals surface area contributed by atoms with E-state index in [0.717, 1.165) is 16.6 Å². The first-order chi connectivity index (χ1) is 8.66. The van der Waals surface area contributed by atoms with Crippen LogP contribution in [0, 0.1) is 13.8 Å². The number of aryl methyl sites for hydroxylation is 2. The fourth-order valence-electron chi connectivity index (χ4n) is 1.83. The van der Waals surface area contributed by atoms with E-state index in [0.29, 0.717) is 6.61 Å². The van der Waals surface area contributed by atoms with Crippen LogP contribution < -0.4 is 4.74 Å². The van der Waals surface area contributed by atoms with Crippen molar-refractivity contribution in [2.75, 3.05) is 6.61 Å². The van der Waals surface area contributed by atoms with E-state index in [1.807, 2.05) is 6.07 Å². The number of benzene rings is 2. The Kier molecular flexibility index (Phi) is 4.43. The third-order valence-corrected chi connectivity index (χ3v) is 3.70. The van der Waals surface area contributed by atoms with E-state index < -0.39 is 0 Å². The zero-order valence-corrected chi connectivity index (χ0v) is 12.3. The molecule has 18 heavy (non-hydrogen) atoms. The van der Waals surface area contributed by atoms with Crippen LogP contribution in [0.4, 0.5) is 0 Å². The highest BCUT2D eigenvalue weighted by molar-refractivity contribution is 9.10. The SMILES string of the molecule is Cc1ccc(C)c(OCCc2ccccc2Br)c1. The predicted octanol–water partition coefficient (Wildman–Crippen LogP) is 4.69. The third-order valence-electron chi connectivity index (χ3n) is 2.93. The second kappa shape index (κ2) is 6.05. The summed E-state index contributed by atoms with van der Waals surface area (Å²) < 4.78 is 7.00. The van der Waals surface area contributed by atoms with E-state index in [4.69, 9.17) is 4.74 Å². The Morgan fingerprint density at radius 1 is 1.06 bits per heavy atom. The van der Waals surface area contributed by atoms with Crippen molar-refractivity contribution in [3.63, 3.8) is 0 Å². The van der Waals surface area contributed by atoms with E-state index in [-0.39, 0.29) is 0 Å². The van der Waals surface area contributed by atoms with Gasteiger partial charge in [-0.3, -0.25) is 0 Å². The lowest BCUT2D eigenvalue weighted by atomic mass is 10.1. The minimum absolute atomic E-state index is 0.701. The summed E-state index contributed by atoms with van der Waals surface area (Å²) in [5.41, 5.74) is 3.70. The molecule has 0 aliphatic rings. The van der Waals surface area contributed by atoms with Crippen molar-refractivity contribution in [2.45, 2.75) is 20.3 Å². The zero-order chi connectivity index (χ0) is 13.0. The standard InChI is InChI=1S/C16H17BrO/c1-12-7-8-13(2)16(11-12)18-10-9-14-5-3-4-6-15(14)17/h3-8,11H,9-10H2,1-2H3. The largest absolute Gasteiger partial charge is 0.493 e. The predicted molar refractivity (Wildman–Crippen MR) is 79.3 cm³/mol. The fourth-order valence-corrected chi connectivity index (χ4v) is 2.32. The van der Waals surface area contributed by atoms with Gasteiger partial charge in [0.1, 0.15) is 5.75 Å². The Hall–Kier alpha value is -1.28. The van der Waals surface area contributed by atoms with Crippen LogP contribution in [-0.4, -0.2) is 6.61 Å². The first-order valence-corrected chi connectivity index (χ1v) is 6.89. The minimum atomic E-state index is 0.701. The highest BCUT2D eigenvalue weighted by atomic mass is 79.9. The normalized spacial score (nSPS) is 10.4. The molecule has 94 valence electrons. The zero-order valence-electron chi connectivity index (χ0n) is 10.7. The second-order valence-electron chi connectivity index (χ2n) is 4.46. The maximum atomic E-state index is 5.86. The summed E-state index contributed by atoms with van der Waals surface area (Å²) >= 11 is 3.55. The van der Waals surface area contributed by atoms with Gasteiger partial charge in [-0.15, -0.1) is 0 Å². The molecule has 0 bridgehead atoms. The van der Waals surface area contributed by atoms with E-state index in [2.05, 4.69) is 66.2 Å². The van der Waals surface area contributed by atoms with Crippen molar-refractivity contribution in [1.82, 2.24) is 0 Å². The molecule has 1 nitrogen and oxygen atoms in total. The smallest absolute Gasteiger partial charge is 0.122 e. The van der Waals surface area contributed by atoms with Crippen molar-refractivity contribution in [2.24, 2.45) is 0 Å². The fraction of sp³-hybridized carbons (Fsp3) is 0.250. The monoisotopic (exact) mass is 304 g/mol. The van der Waals surface area contributed by atoms with Gasteiger partial charge in [-0.25, -0.2) is 0 Å². The Labute approximate surface area is 117 Å². The summed E-state index contributed by atoms with van der Waals surface area (Å²) in [6.45, 7) is 4.86. The number of hydrogen-bond acceptors (Lipinski definition) is 1. The second-order valence-corrected chi connectivity index (χ2v) is 5.31. The molecule has 0 amide bonds. The average molecular weight is 305 g/mol. The van der Waals surface area contributed by atoms with Gasteiger partial charge in [-0.2, -0.15) is 0 Å². The van der Waals surface area contributed by atoms with Crippen molar-refractivity contribution in [3.05, 3.63) is 63.6 Å². The molecule has 0 aliphatic carbocycles. The maximum Gasteiger partial charge on any atom is 0.122 e. The summed E-state index contributed by atoms with van der Waals surface area (Å²) in [7, 11) is 0.